The molecular formula is C9H7Br3O2. The van der Waals surface area contributed by atoms with E-state index in [1.54, 1.807) is 0 Å². The zero-order valence-electron chi connectivity index (χ0n) is 6.95. The van der Waals surface area contributed by atoms with Gasteiger partial charge in [-0.3, -0.25) is 4.79 Å². The molecule has 0 aromatic heterocycles. The van der Waals surface area contributed by atoms with E-state index in [1.165, 1.54) is 0 Å². The highest BCUT2D eigenvalue weighted by atomic mass is 79.9. The molecule has 0 amide bonds. The average Bonchev–Trinajstić information content (AvgIpc) is 2.16. The van der Waals surface area contributed by atoms with Crippen LogP contribution >= 0.6 is 47.8 Å². The number of carbonyl (C=O) groups is 1. The van der Waals surface area contributed by atoms with E-state index >= 15 is 0 Å². The van der Waals surface area contributed by atoms with Crippen molar-refractivity contribution in [1.82, 2.24) is 0 Å². The van der Waals surface area contributed by atoms with Gasteiger partial charge >= 0.3 is 5.97 Å². The molecule has 5 heteroatoms. The van der Waals surface area contributed by atoms with E-state index in [0.29, 0.717) is 0 Å². The zero-order valence-corrected chi connectivity index (χ0v) is 11.7. The number of aliphatic carboxylic acids is 1. The predicted octanol–water partition coefficient (Wildman–Crippen LogP) is 3.73. The molecule has 0 aliphatic rings. The molecule has 1 aromatic carbocycles. The molecule has 0 aliphatic heterocycles. The fraction of sp³-hybridized carbons (Fsp3) is 0.222. The maximum Gasteiger partial charge on any atom is 0.318 e. The van der Waals surface area contributed by atoms with Crippen LogP contribution in [0.1, 0.15) is 10.4 Å². The van der Waals surface area contributed by atoms with E-state index in [1.807, 2.05) is 24.3 Å². The Labute approximate surface area is 107 Å². The van der Waals surface area contributed by atoms with Crippen LogP contribution in [0.25, 0.3) is 0 Å². The molecule has 0 fully saturated rings. The van der Waals surface area contributed by atoms with Crippen LogP contribution in [0.4, 0.5) is 0 Å². The summed E-state index contributed by atoms with van der Waals surface area (Å²) in [6.45, 7) is 0. The molecule has 0 saturated carbocycles. The highest BCUT2D eigenvalue weighted by molar-refractivity contribution is 9.12. The Morgan fingerprint density at radius 3 is 2.14 bits per heavy atom. The summed E-state index contributed by atoms with van der Waals surface area (Å²) in [5.74, 6) is -0.880. The Hall–Kier alpha value is 0.130. The van der Waals surface area contributed by atoms with Gasteiger partial charge in [0.15, 0.2) is 0 Å². The zero-order chi connectivity index (χ0) is 10.7. The molecule has 0 bridgehead atoms. The molecule has 1 N–H and O–H groups in total. The van der Waals surface area contributed by atoms with E-state index < -0.39 is 10.8 Å². The van der Waals surface area contributed by atoms with Crippen LogP contribution in [0.3, 0.4) is 0 Å². The van der Waals surface area contributed by atoms with Crippen LogP contribution in [0.2, 0.25) is 0 Å². The van der Waals surface area contributed by atoms with Gasteiger partial charge in [0.1, 0.15) is 4.83 Å². The lowest BCUT2D eigenvalue weighted by atomic mass is 10.1. The van der Waals surface area contributed by atoms with Gasteiger partial charge in [0.25, 0.3) is 0 Å². The van der Waals surface area contributed by atoms with Crippen molar-refractivity contribution in [2.45, 2.75) is 9.65 Å². The van der Waals surface area contributed by atoms with Gasteiger partial charge in [0.2, 0.25) is 0 Å². The lowest BCUT2D eigenvalue weighted by Gasteiger charge is -2.12. The Balaban J connectivity index is 2.84. The van der Waals surface area contributed by atoms with Crippen molar-refractivity contribution in [3.63, 3.8) is 0 Å². The average molecular weight is 387 g/mol. The highest BCUT2D eigenvalue weighted by Gasteiger charge is 2.24. The lowest BCUT2D eigenvalue weighted by molar-refractivity contribution is -0.136. The third kappa shape index (κ3) is 3.07. The fourth-order valence-electron chi connectivity index (χ4n) is 0.941. The van der Waals surface area contributed by atoms with Crippen LogP contribution in [0, 0.1) is 0 Å². The summed E-state index contributed by atoms with van der Waals surface area (Å²) in [7, 11) is 0. The Morgan fingerprint density at radius 2 is 1.71 bits per heavy atom. The molecule has 1 rings (SSSR count). The molecule has 2 unspecified atom stereocenters. The Kier molecular flexibility index (Phi) is 4.60. The monoisotopic (exact) mass is 384 g/mol. The normalized spacial score (nSPS) is 14.8. The second-order valence-corrected chi connectivity index (χ2v) is 5.58. The van der Waals surface area contributed by atoms with E-state index in [0.717, 1.165) is 10.0 Å². The molecule has 0 saturated heterocycles. The van der Waals surface area contributed by atoms with E-state index in [9.17, 15) is 4.79 Å². The number of benzene rings is 1. The standard InChI is InChI=1S/C9H7Br3O2/c10-6-3-1-5(2-4-6)7(11)8(12)9(13)14/h1-4,7-8H,(H,13,14). The number of halogens is 3. The first-order valence-electron chi connectivity index (χ1n) is 3.79. The van der Waals surface area contributed by atoms with Crippen LogP contribution in [0.5, 0.6) is 0 Å². The number of hydrogen-bond donors (Lipinski definition) is 1. The number of hydrogen-bond acceptors (Lipinski definition) is 1. The van der Waals surface area contributed by atoms with Gasteiger partial charge in [-0.1, -0.05) is 59.9 Å². The SMILES string of the molecule is O=C(O)C(Br)C(Br)c1ccc(Br)cc1. The maximum atomic E-state index is 10.7. The van der Waals surface area contributed by atoms with Crippen molar-refractivity contribution in [2.24, 2.45) is 0 Å². The molecule has 1 aromatic rings. The van der Waals surface area contributed by atoms with Crippen molar-refractivity contribution in [3.8, 4) is 0 Å². The van der Waals surface area contributed by atoms with Gasteiger partial charge in [-0.15, -0.1) is 0 Å². The van der Waals surface area contributed by atoms with Gasteiger partial charge < -0.3 is 5.11 Å². The fourth-order valence-corrected chi connectivity index (χ4v) is 2.04. The maximum absolute atomic E-state index is 10.7. The second kappa shape index (κ2) is 5.28. The number of alkyl halides is 2. The Bertz CT molecular complexity index is 323. The smallest absolute Gasteiger partial charge is 0.318 e. The third-order valence-electron chi connectivity index (χ3n) is 1.68. The van der Waals surface area contributed by atoms with Gasteiger partial charge in [-0.05, 0) is 17.7 Å². The summed E-state index contributed by atoms with van der Waals surface area (Å²) in [6, 6.07) is 7.51. The molecule has 0 radical (unpaired) electrons. The molecule has 76 valence electrons. The van der Waals surface area contributed by atoms with Gasteiger partial charge in [-0.25, -0.2) is 0 Å². The van der Waals surface area contributed by atoms with E-state index in [-0.39, 0.29) is 4.83 Å². The number of carboxylic acids is 1. The van der Waals surface area contributed by atoms with Crippen LogP contribution in [-0.2, 0) is 4.79 Å². The van der Waals surface area contributed by atoms with Crippen LogP contribution in [0.15, 0.2) is 28.7 Å². The number of carboxylic acid groups (broad SMARTS) is 1. The molecule has 2 atom stereocenters. The molecule has 0 heterocycles. The summed E-state index contributed by atoms with van der Waals surface area (Å²) < 4.78 is 0.974. The highest BCUT2D eigenvalue weighted by Crippen LogP contribution is 2.31. The summed E-state index contributed by atoms with van der Waals surface area (Å²) in [5.41, 5.74) is 0.928. The summed E-state index contributed by atoms with van der Waals surface area (Å²) in [5, 5.41) is 8.78. The van der Waals surface area contributed by atoms with Gasteiger partial charge in [0.05, 0.1) is 4.83 Å². The van der Waals surface area contributed by atoms with E-state index in [2.05, 4.69) is 47.8 Å². The predicted molar refractivity (Wildman–Crippen MR) is 66.2 cm³/mol. The Morgan fingerprint density at radius 1 is 1.21 bits per heavy atom. The summed E-state index contributed by atoms with van der Waals surface area (Å²) in [6.07, 6.45) is 0. The van der Waals surface area contributed by atoms with Crippen molar-refractivity contribution in [3.05, 3.63) is 34.3 Å². The second-order valence-electron chi connectivity index (χ2n) is 2.69. The first-order chi connectivity index (χ1) is 6.52. The largest absolute Gasteiger partial charge is 0.480 e. The van der Waals surface area contributed by atoms with E-state index in [4.69, 9.17) is 5.11 Å². The molecule has 0 spiro atoms. The molecule has 2 nitrogen and oxygen atoms in total. The van der Waals surface area contributed by atoms with Crippen molar-refractivity contribution >= 4 is 53.8 Å². The van der Waals surface area contributed by atoms with Crippen molar-refractivity contribution in [1.29, 1.82) is 0 Å². The topological polar surface area (TPSA) is 37.3 Å². The third-order valence-corrected chi connectivity index (χ3v) is 4.90. The van der Waals surface area contributed by atoms with Crippen molar-refractivity contribution in [2.75, 3.05) is 0 Å². The molecule has 0 aliphatic carbocycles. The van der Waals surface area contributed by atoms with Crippen LogP contribution < -0.4 is 0 Å². The van der Waals surface area contributed by atoms with Gasteiger partial charge in [-0.2, -0.15) is 0 Å². The van der Waals surface area contributed by atoms with Crippen molar-refractivity contribution < 1.29 is 9.90 Å². The summed E-state index contributed by atoms with van der Waals surface area (Å²) in [4.78, 5) is 9.84. The van der Waals surface area contributed by atoms with Gasteiger partial charge in [0, 0.05) is 4.47 Å². The molecule has 14 heavy (non-hydrogen) atoms. The first-order valence-corrected chi connectivity index (χ1v) is 6.41. The summed E-state index contributed by atoms with van der Waals surface area (Å²) >= 11 is 9.76. The minimum absolute atomic E-state index is 0.229. The quantitative estimate of drug-likeness (QED) is 0.804. The first kappa shape index (κ1) is 12.2. The minimum atomic E-state index is -0.880. The number of rotatable bonds is 3. The lowest BCUT2D eigenvalue weighted by Crippen LogP contribution is -2.17. The van der Waals surface area contributed by atoms with Crippen LogP contribution in [-0.4, -0.2) is 15.9 Å². The molecular weight excluding hydrogens is 380 g/mol. The minimum Gasteiger partial charge on any atom is -0.480 e.